The lowest BCUT2D eigenvalue weighted by Crippen LogP contribution is -2.38. The number of hydrogen-bond donors (Lipinski definition) is 2. The maximum atomic E-state index is 12.0. The van der Waals surface area contributed by atoms with Gasteiger partial charge >= 0.3 is 0 Å². The molecule has 2 rings (SSSR count). The minimum Gasteiger partial charge on any atom is -0.352 e. The first-order valence-corrected chi connectivity index (χ1v) is 9.38. The zero-order valence-electron chi connectivity index (χ0n) is 15.5. The molecule has 0 aromatic carbocycles. The van der Waals surface area contributed by atoms with Crippen molar-refractivity contribution < 1.29 is 9.59 Å². The molecule has 2 N–H and O–H groups in total. The Balaban J connectivity index is 2.17. The predicted octanol–water partition coefficient (Wildman–Crippen LogP) is 3.51. The summed E-state index contributed by atoms with van der Waals surface area (Å²) in [4.78, 5) is 24.0. The summed E-state index contributed by atoms with van der Waals surface area (Å²) in [6.45, 7) is 15.8. The summed E-state index contributed by atoms with van der Waals surface area (Å²) in [7, 11) is 0. The quantitative estimate of drug-likeness (QED) is 0.715. The van der Waals surface area contributed by atoms with Crippen LogP contribution in [0.2, 0.25) is 0 Å². The molecule has 0 aromatic heterocycles. The van der Waals surface area contributed by atoms with E-state index >= 15 is 0 Å². The van der Waals surface area contributed by atoms with Crippen molar-refractivity contribution >= 4 is 11.8 Å². The fraction of sp³-hybridized carbons (Fsp3) is 0.619. The van der Waals surface area contributed by atoms with Gasteiger partial charge in [-0.2, -0.15) is 0 Å². The van der Waals surface area contributed by atoms with E-state index in [2.05, 4.69) is 37.3 Å². The van der Waals surface area contributed by atoms with E-state index in [1.54, 1.807) is 0 Å². The number of carbonyl (C=O) groups is 2. The van der Waals surface area contributed by atoms with Gasteiger partial charge in [-0.15, -0.1) is 6.58 Å². The van der Waals surface area contributed by atoms with Crippen LogP contribution in [0.4, 0.5) is 0 Å². The van der Waals surface area contributed by atoms with Crippen molar-refractivity contribution in [2.24, 2.45) is 17.3 Å². The molecular weight excluding hydrogens is 312 g/mol. The Hall–Kier alpha value is -1.84. The van der Waals surface area contributed by atoms with Gasteiger partial charge in [-0.05, 0) is 49.4 Å². The summed E-state index contributed by atoms with van der Waals surface area (Å²) in [5.41, 5.74) is 2.15. The van der Waals surface area contributed by atoms with Crippen LogP contribution in [0.15, 0.2) is 37.0 Å². The predicted molar refractivity (Wildman–Crippen MR) is 102 cm³/mol. The first-order valence-electron chi connectivity index (χ1n) is 9.38. The van der Waals surface area contributed by atoms with E-state index in [0.717, 1.165) is 43.3 Å². The van der Waals surface area contributed by atoms with Gasteiger partial charge in [-0.1, -0.05) is 37.3 Å². The van der Waals surface area contributed by atoms with Gasteiger partial charge in [0.1, 0.15) is 0 Å². The largest absolute Gasteiger partial charge is 0.352 e. The molecule has 0 spiro atoms. The van der Waals surface area contributed by atoms with Crippen LogP contribution < -0.4 is 10.6 Å². The molecule has 1 saturated heterocycles. The van der Waals surface area contributed by atoms with Crippen molar-refractivity contribution in [3.8, 4) is 0 Å². The minimum absolute atomic E-state index is 0.00417. The normalized spacial score (nSPS) is 32.8. The Kier molecular flexibility index (Phi) is 6.63. The second-order valence-electron chi connectivity index (χ2n) is 7.81. The van der Waals surface area contributed by atoms with Gasteiger partial charge in [0.25, 0.3) is 0 Å². The molecule has 25 heavy (non-hydrogen) atoms. The molecule has 4 nitrogen and oxygen atoms in total. The highest BCUT2D eigenvalue weighted by Crippen LogP contribution is 2.48. The third-order valence-corrected chi connectivity index (χ3v) is 5.97. The van der Waals surface area contributed by atoms with Crippen LogP contribution >= 0.6 is 0 Å². The summed E-state index contributed by atoms with van der Waals surface area (Å²) < 4.78 is 0. The van der Waals surface area contributed by atoms with E-state index < -0.39 is 0 Å². The molecule has 0 radical (unpaired) electrons. The third kappa shape index (κ3) is 5.07. The van der Waals surface area contributed by atoms with Crippen LogP contribution in [0.3, 0.4) is 0 Å². The lowest BCUT2D eigenvalue weighted by Gasteiger charge is -2.44. The molecule has 0 unspecified atom stereocenters. The van der Waals surface area contributed by atoms with E-state index in [0.29, 0.717) is 31.8 Å². The number of rotatable bonds is 1. The SMILES string of the molecule is C=C[C@]1(C)CC[C@@H]2C[C@H]1C(=C)CNC(=O)CCCCC(=O)NCC2=C. The molecule has 2 aliphatic rings. The molecule has 1 aliphatic heterocycles. The van der Waals surface area contributed by atoms with Crippen LogP contribution in [0.1, 0.15) is 51.9 Å². The Bertz CT molecular complexity index is 566. The van der Waals surface area contributed by atoms with Gasteiger partial charge in [-0.3, -0.25) is 9.59 Å². The van der Waals surface area contributed by atoms with E-state index in [4.69, 9.17) is 0 Å². The van der Waals surface area contributed by atoms with Crippen molar-refractivity contribution in [1.29, 1.82) is 0 Å². The molecule has 138 valence electrons. The van der Waals surface area contributed by atoms with Crippen LogP contribution in [0.25, 0.3) is 0 Å². The van der Waals surface area contributed by atoms with Crippen molar-refractivity contribution in [3.63, 3.8) is 0 Å². The zero-order chi connectivity index (χ0) is 18.4. The number of allylic oxidation sites excluding steroid dienone is 1. The molecular formula is C21H32N2O2. The zero-order valence-corrected chi connectivity index (χ0v) is 15.5. The van der Waals surface area contributed by atoms with Crippen LogP contribution in [0, 0.1) is 17.3 Å². The number of fused-ring (bicyclic) bond motifs is 2. The van der Waals surface area contributed by atoms with Crippen molar-refractivity contribution in [2.45, 2.75) is 51.9 Å². The van der Waals surface area contributed by atoms with Gasteiger partial charge in [0.2, 0.25) is 11.8 Å². The average Bonchev–Trinajstić information content (AvgIpc) is 2.61. The smallest absolute Gasteiger partial charge is 0.220 e. The highest BCUT2D eigenvalue weighted by Gasteiger charge is 2.39. The first-order chi connectivity index (χ1) is 11.9. The molecule has 1 heterocycles. The summed E-state index contributed by atoms with van der Waals surface area (Å²) in [5.74, 6) is 0.718. The lowest BCUT2D eigenvalue weighted by molar-refractivity contribution is -0.122. The Morgan fingerprint density at radius 2 is 1.60 bits per heavy atom. The van der Waals surface area contributed by atoms with Crippen LogP contribution in [-0.4, -0.2) is 24.9 Å². The first kappa shape index (κ1) is 19.5. The second kappa shape index (κ2) is 8.50. The van der Waals surface area contributed by atoms with E-state index in [-0.39, 0.29) is 23.1 Å². The molecule has 2 bridgehead atoms. The van der Waals surface area contributed by atoms with Crippen LogP contribution in [-0.2, 0) is 9.59 Å². The molecule has 4 heteroatoms. The summed E-state index contributed by atoms with van der Waals surface area (Å²) in [6.07, 6.45) is 7.44. The highest BCUT2D eigenvalue weighted by atomic mass is 16.2. The monoisotopic (exact) mass is 344 g/mol. The number of hydrogen-bond acceptors (Lipinski definition) is 2. The Labute approximate surface area is 151 Å². The van der Waals surface area contributed by atoms with Crippen molar-refractivity contribution in [2.75, 3.05) is 13.1 Å². The van der Waals surface area contributed by atoms with Gasteiger partial charge in [0.15, 0.2) is 0 Å². The Morgan fingerprint density at radius 1 is 1.04 bits per heavy atom. The minimum atomic E-state index is -0.00417. The van der Waals surface area contributed by atoms with Crippen molar-refractivity contribution in [3.05, 3.63) is 37.0 Å². The fourth-order valence-electron chi connectivity index (χ4n) is 4.02. The summed E-state index contributed by atoms with van der Waals surface area (Å²) in [6, 6.07) is 0. The van der Waals surface area contributed by atoms with Gasteiger partial charge in [-0.25, -0.2) is 0 Å². The maximum Gasteiger partial charge on any atom is 0.220 e. The van der Waals surface area contributed by atoms with Gasteiger partial charge < -0.3 is 10.6 Å². The van der Waals surface area contributed by atoms with E-state index in [1.807, 2.05) is 6.08 Å². The highest BCUT2D eigenvalue weighted by molar-refractivity contribution is 5.77. The number of amides is 2. The standard InChI is InChI=1S/C21H32N2O2/c1-5-21(4)11-10-17-12-18(21)16(3)14-23-20(25)9-7-6-8-19(24)22-13-15(17)2/h5,17-18H,1-3,6-14H2,4H3,(H,22,24)(H,23,25)/t17-,18+,21-/m1/s1. The van der Waals surface area contributed by atoms with Crippen molar-refractivity contribution in [1.82, 2.24) is 10.6 Å². The lowest BCUT2D eigenvalue weighted by atomic mass is 9.61. The summed E-state index contributed by atoms with van der Waals surface area (Å²) >= 11 is 0. The second-order valence-corrected chi connectivity index (χ2v) is 7.81. The number of nitrogens with one attached hydrogen (secondary N) is 2. The van der Waals surface area contributed by atoms with Gasteiger partial charge in [0, 0.05) is 25.9 Å². The van der Waals surface area contributed by atoms with Gasteiger partial charge in [0.05, 0.1) is 0 Å². The van der Waals surface area contributed by atoms with E-state index in [9.17, 15) is 9.59 Å². The molecule has 2 amide bonds. The van der Waals surface area contributed by atoms with E-state index in [1.165, 1.54) is 0 Å². The molecule has 2 fully saturated rings. The fourth-order valence-corrected chi connectivity index (χ4v) is 4.02. The van der Waals surface area contributed by atoms with Crippen LogP contribution in [0.5, 0.6) is 0 Å². The average molecular weight is 344 g/mol. The summed E-state index contributed by atoms with van der Waals surface area (Å²) in [5, 5.41) is 5.97. The third-order valence-electron chi connectivity index (χ3n) is 5.97. The number of carbonyl (C=O) groups excluding carboxylic acids is 2. The molecule has 1 saturated carbocycles. The molecule has 0 aromatic rings. The Morgan fingerprint density at radius 3 is 2.16 bits per heavy atom. The molecule has 1 aliphatic carbocycles. The maximum absolute atomic E-state index is 12.0. The topological polar surface area (TPSA) is 58.2 Å². The molecule has 3 atom stereocenters.